The van der Waals surface area contributed by atoms with E-state index in [1.807, 2.05) is 18.2 Å². The molecule has 0 spiro atoms. The third-order valence-corrected chi connectivity index (χ3v) is 5.82. The van der Waals surface area contributed by atoms with Crippen LogP contribution in [0.15, 0.2) is 43.4 Å². The van der Waals surface area contributed by atoms with Crippen molar-refractivity contribution in [3.8, 4) is 0 Å². The lowest BCUT2D eigenvalue weighted by Gasteiger charge is -2.11. The van der Waals surface area contributed by atoms with Gasteiger partial charge in [0.15, 0.2) is 5.16 Å². The molecular formula is C19H21N3O4S. The van der Waals surface area contributed by atoms with Crippen LogP contribution in [0.2, 0.25) is 0 Å². The quantitative estimate of drug-likeness (QED) is 0.517. The zero-order chi connectivity index (χ0) is 18.8. The third kappa shape index (κ3) is 3.86. The highest BCUT2D eigenvalue weighted by molar-refractivity contribution is 7.98. The normalized spacial score (nSPS) is 17.0. The fraction of sp³-hybridized carbons (Fsp3) is 0.421. The number of hydrogen-bond acceptors (Lipinski definition) is 6. The maximum Gasteiger partial charge on any atom is 0.344 e. The summed E-state index contributed by atoms with van der Waals surface area (Å²) < 4.78 is 12.6. The number of hydrogen-bond donors (Lipinski definition) is 1. The van der Waals surface area contributed by atoms with E-state index in [-0.39, 0.29) is 17.4 Å². The first-order valence-corrected chi connectivity index (χ1v) is 10.1. The molecule has 3 heterocycles. The average molecular weight is 387 g/mol. The summed E-state index contributed by atoms with van der Waals surface area (Å²) in [6.07, 6.45) is 2.90. The van der Waals surface area contributed by atoms with E-state index in [0.717, 1.165) is 42.4 Å². The monoisotopic (exact) mass is 387 g/mol. The maximum atomic E-state index is 12.1. The molecule has 1 N–H and O–H groups in total. The minimum atomic E-state index is -0.370. The summed E-state index contributed by atoms with van der Waals surface area (Å²) in [7, 11) is 0. The Morgan fingerprint density at radius 2 is 2.22 bits per heavy atom. The molecule has 8 heteroatoms. The lowest BCUT2D eigenvalue weighted by molar-refractivity contribution is 0.0941. The van der Waals surface area contributed by atoms with Crippen molar-refractivity contribution in [2.75, 3.05) is 6.61 Å². The zero-order valence-electron chi connectivity index (χ0n) is 15.1. The van der Waals surface area contributed by atoms with Gasteiger partial charge in [0.25, 0.3) is 0 Å². The molecule has 1 fully saturated rings. The highest BCUT2D eigenvalue weighted by Crippen LogP contribution is 2.26. The molecule has 0 amide bonds. The van der Waals surface area contributed by atoms with Crippen LogP contribution in [0.1, 0.15) is 30.9 Å². The Morgan fingerprint density at radius 3 is 3.00 bits per heavy atom. The van der Waals surface area contributed by atoms with Crippen molar-refractivity contribution in [3.63, 3.8) is 0 Å². The molecule has 3 aromatic rings. The van der Waals surface area contributed by atoms with Crippen LogP contribution in [0.3, 0.4) is 0 Å². The summed E-state index contributed by atoms with van der Waals surface area (Å²) in [6.45, 7) is 3.30. The van der Waals surface area contributed by atoms with Crippen molar-refractivity contribution in [1.82, 2.24) is 14.8 Å². The van der Waals surface area contributed by atoms with Gasteiger partial charge in [0.2, 0.25) is 0 Å². The zero-order valence-corrected chi connectivity index (χ0v) is 15.9. The van der Waals surface area contributed by atoms with Crippen molar-refractivity contribution in [2.45, 2.75) is 49.7 Å². The van der Waals surface area contributed by atoms with Gasteiger partial charge in [0.1, 0.15) is 5.58 Å². The predicted molar refractivity (Wildman–Crippen MR) is 103 cm³/mol. The molecule has 142 valence electrons. The fourth-order valence-corrected chi connectivity index (χ4v) is 4.27. The number of nitrogens with one attached hydrogen (secondary N) is 1. The van der Waals surface area contributed by atoms with Crippen molar-refractivity contribution in [2.24, 2.45) is 0 Å². The van der Waals surface area contributed by atoms with Crippen molar-refractivity contribution in [3.05, 3.63) is 56.3 Å². The lowest BCUT2D eigenvalue weighted by Crippen LogP contribution is -2.24. The van der Waals surface area contributed by atoms with Gasteiger partial charge in [-0.25, -0.2) is 14.7 Å². The van der Waals surface area contributed by atoms with Crippen LogP contribution in [-0.4, -0.2) is 27.5 Å². The van der Waals surface area contributed by atoms with Gasteiger partial charge >= 0.3 is 11.3 Å². The summed E-state index contributed by atoms with van der Waals surface area (Å²) in [5.41, 5.74) is 1.97. The van der Waals surface area contributed by atoms with E-state index in [1.165, 1.54) is 17.8 Å². The second-order valence-electron chi connectivity index (χ2n) is 6.62. The number of nitrogens with zero attached hydrogens (tertiary/aromatic N) is 2. The van der Waals surface area contributed by atoms with Crippen molar-refractivity contribution >= 4 is 22.7 Å². The van der Waals surface area contributed by atoms with Crippen LogP contribution in [0, 0.1) is 0 Å². The smallest absolute Gasteiger partial charge is 0.344 e. The molecule has 1 atom stereocenters. The first kappa shape index (κ1) is 18.1. The highest BCUT2D eigenvalue weighted by Gasteiger charge is 2.20. The second-order valence-corrected chi connectivity index (χ2v) is 7.56. The molecule has 1 aromatic carbocycles. The Morgan fingerprint density at radius 1 is 1.33 bits per heavy atom. The average Bonchev–Trinajstić information content (AvgIpc) is 3.30. The SMILES string of the molecule is CCc1ccc2c(CSc3n[nH]c(=O)n3C[C@H]3CCCO3)cc(=O)oc2c1. The van der Waals surface area contributed by atoms with Gasteiger partial charge in [-0.1, -0.05) is 30.8 Å². The van der Waals surface area contributed by atoms with Crippen molar-refractivity contribution < 1.29 is 9.15 Å². The van der Waals surface area contributed by atoms with Crippen LogP contribution in [0.25, 0.3) is 11.0 Å². The summed E-state index contributed by atoms with van der Waals surface area (Å²) in [5.74, 6) is 0.517. The van der Waals surface area contributed by atoms with Crippen LogP contribution < -0.4 is 11.3 Å². The maximum absolute atomic E-state index is 12.1. The van der Waals surface area contributed by atoms with Crippen LogP contribution >= 0.6 is 11.8 Å². The Labute approximate surface area is 159 Å². The first-order valence-electron chi connectivity index (χ1n) is 9.09. The molecule has 4 rings (SSSR count). The third-order valence-electron chi connectivity index (χ3n) is 4.79. The van der Waals surface area contributed by atoms with Gasteiger partial charge in [-0.2, -0.15) is 0 Å². The van der Waals surface area contributed by atoms with E-state index in [4.69, 9.17) is 9.15 Å². The standard InChI is InChI=1S/C19H21N3O4S/c1-2-12-5-6-15-13(9-17(23)26-16(15)8-12)11-27-19-21-20-18(24)22(19)10-14-4-3-7-25-14/h5-6,8-9,14H,2-4,7,10-11H2,1H3,(H,20,24)/t14-/m1/s1. The topological polar surface area (TPSA) is 90.1 Å². The molecule has 0 radical (unpaired) electrons. The molecule has 0 bridgehead atoms. The second kappa shape index (κ2) is 7.74. The molecule has 2 aromatic heterocycles. The Kier molecular flexibility index (Phi) is 5.18. The number of H-pyrrole nitrogens is 1. The number of aromatic nitrogens is 3. The van der Waals surface area contributed by atoms with E-state index >= 15 is 0 Å². The molecule has 1 aliphatic heterocycles. The predicted octanol–water partition coefficient (Wildman–Crippen LogP) is 2.71. The molecule has 0 unspecified atom stereocenters. The molecular weight excluding hydrogens is 366 g/mol. The minimum Gasteiger partial charge on any atom is -0.423 e. The molecule has 0 saturated carbocycles. The van der Waals surface area contributed by atoms with Crippen LogP contribution in [-0.2, 0) is 23.5 Å². The van der Waals surface area contributed by atoms with Gasteiger partial charge in [0.05, 0.1) is 12.6 Å². The molecule has 27 heavy (non-hydrogen) atoms. The summed E-state index contributed by atoms with van der Waals surface area (Å²) in [6, 6.07) is 7.44. The van der Waals surface area contributed by atoms with E-state index in [1.54, 1.807) is 4.57 Å². The molecule has 1 aliphatic rings. The number of rotatable bonds is 6. The van der Waals surface area contributed by atoms with Gasteiger partial charge < -0.3 is 9.15 Å². The van der Waals surface area contributed by atoms with Crippen molar-refractivity contribution in [1.29, 1.82) is 0 Å². The Balaban J connectivity index is 1.59. The number of ether oxygens (including phenoxy) is 1. The summed E-state index contributed by atoms with van der Waals surface area (Å²) in [5, 5.41) is 8.15. The first-order chi connectivity index (χ1) is 13.1. The number of fused-ring (bicyclic) bond motifs is 1. The number of aryl methyl sites for hydroxylation is 1. The van der Waals surface area contributed by atoms with Gasteiger partial charge in [-0.3, -0.25) is 4.57 Å². The van der Waals surface area contributed by atoms with Gasteiger partial charge in [-0.05, 0) is 36.5 Å². The number of benzene rings is 1. The molecule has 0 aliphatic carbocycles. The van der Waals surface area contributed by atoms with E-state index in [9.17, 15) is 9.59 Å². The Bertz CT molecular complexity index is 1060. The fourth-order valence-electron chi connectivity index (χ4n) is 3.32. The van der Waals surface area contributed by atoms with E-state index < -0.39 is 0 Å². The highest BCUT2D eigenvalue weighted by atomic mass is 32.2. The summed E-state index contributed by atoms with van der Waals surface area (Å²) in [4.78, 5) is 24.0. The number of thioether (sulfide) groups is 1. The number of aromatic amines is 1. The molecule has 1 saturated heterocycles. The Hall–Kier alpha value is -2.32. The largest absolute Gasteiger partial charge is 0.423 e. The van der Waals surface area contributed by atoms with Crippen LogP contribution in [0.4, 0.5) is 0 Å². The lowest BCUT2D eigenvalue weighted by atomic mass is 10.1. The van der Waals surface area contributed by atoms with E-state index in [0.29, 0.717) is 23.0 Å². The molecule has 7 nitrogen and oxygen atoms in total. The van der Waals surface area contributed by atoms with Crippen LogP contribution in [0.5, 0.6) is 0 Å². The van der Waals surface area contributed by atoms with Gasteiger partial charge in [-0.15, -0.1) is 5.10 Å². The summed E-state index contributed by atoms with van der Waals surface area (Å²) >= 11 is 1.42. The van der Waals surface area contributed by atoms with Gasteiger partial charge in [0, 0.05) is 23.8 Å². The van der Waals surface area contributed by atoms with E-state index in [2.05, 4.69) is 17.1 Å². The minimum absolute atomic E-state index is 0.0525.